The summed E-state index contributed by atoms with van der Waals surface area (Å²) in [4.78, 5) is 16.2. The van der Waals surface area contributed by atoms with E-state index >= 15 is 0 Å². The van der Waals surface area contributed by atoms with E-state index in [0.29, 0.717) is 6.07 Å². The standard InChI is InChI=1S/C19H14F5NO5/c20-14-6-11(30-19(22,23)24)2-1-10(14)5-13-12(15(27)8-28-4-3-26)7-16-18(17(13)21)25-9-29-16/h1-2,6-7,9,26H,3-5,8H2. The molecule has 160 valence electrons. The molecule has 0 spiro atoms. The van der Waals surface area contributed by atoms with Crippen LogP contribution in [0.1, 0.15) is 21.5 Å². The molecule has 0 bridgehead atoms. The smallest absolute Gasteiger partial charge is 0.443 e. The summed E-state index contributed by atoms with van der Waals surface area (Å²) in [5, 5.41) is 8.74. The average molecular weight is 431 g/mol. The second-order valence-corrected chi connectivity index (χ2v) is 6.09. The van der Waals surface area contributed by atoms with E-state index in [-0.39, 0.29) is 41.0 Å². The summed E-state index contributed by atoms with van der Waals surface area (Å²) in [6.07, 6.45) is -4.47. The molecule has 0 saturated carbocycles. The molecule has 11 heteroatoms. The number of aliphatic hydroxyl groups is 1. The number of oxazole rings is 1. The molecule has 1 N–H and O–H groups in total. The largest absolute Gasteiger partial charge is 0.573 e. The fraction of sp³-hybridized carbons (Fsp3) is 0.263. The van der Waals surface area contributed by atoms with Gasteiger partial charge in [0, 0.05) is 23.6 Å². The van der Waals surface area contributed by atoms with Gasteiger partial charge in [-0.05, 0) is 17.7 Å². The minimum Gasteiger partial charge on any atom is -0.443 e. The third kappa shape index (κ3) is 4.92. The molecule has 0 aliphatic carbocycles. The number of benzene rings is 2. The molecule has 0 saturated heterocycles. The third-order valence-corrected chi connectivity index (χ3v) is 4.06. The van der Waals surface area contributed by atoms with Crippen LogP contribution in [-0.4, -0.2) is 42.1 Å². The zero-order valence-electron chi connectivity index (χ0n) is 15.1. The Labute approximate surface area is 165 Å². The minimum atomic E-state index is -4.99. The molecular formula is C19H14F5NO5. The number of rotatable bonds is 8. The summed E-state index contributed by atoms with van der Waals surface area (Å²) in [6, 6.07) is 3.62. The van der Waals surface area contributed by atoms with E-state index in [2.05, 4.69) is 9.72 Å². The number of carbonyl (C=O) groups excluding carboxylic acids is 1. The van der Waals surface area contributed by atoms with E-state index in [1.54, 1.807) is 0 Å². The summed E-state index contributed by atoms with van der Waals surface area (Å²) in [6.45, 7) is -0.927. The van der Waals surface area contributed by atoms with Crippen molar-refractivity contribution in [2.45, 2.75) is 12.8 Å². The lowest BCUT2D eigenvalue weighted by atomic mass is 9.95. The predicted molar refractivity (Wildman–Crippen MR) is 92.1 cm³/mol. The molecule has 3 rings (SSSR count). The van der Waals surface area contributed by atoms with Crippen LogP contribution < -0.4 is 4.74 Å². The first-order valence-corrected chi connectivity index (χ1v) is 8.50. The summed E-state index contributed by atoms with van der Waals surface area (Å²) < 4.78 is 79.8. The van der Waals surface area contributed by atoms with Crippen LogP contribution in [-0.2, 0) is 11.2 Å². The van der Waals surface area contributed by atoms with E-state index in [4.69, 9.17) is 14.3 Å². The highest BCUT2D eigenvalue weighted by atomic mass is 19.4. The van der Waals surface area contributed by atoms with Crippen LogP contribution in [0.2, 0.25) is 0 Å². The summed E-state index contributed by atoms with van der Waals surface area (Å²) in [7, 11) is 0. The van der Waals surface area contributed by atoms with Crippen molar-refractivity contribution in [2.75, 3.05) is 19.8 Å². The molecule has 0 aliphatic rings. The van der Waals surface area contributed by atoms with Crippen molar-refractivity contribution in [2.24, 2.45) is 0 Å². The van der Waals surface area contributed by atoms with Crippen molar-refractivity contribution in [3.05, 3.63) is 59.0 Å². The van der Waals surface area contributed by atoms with Crippen LogP contribution in [0.4, 0.5) is 22.0 Å². The van der Waals surface area contributed by atoms with Crippen LogP contribution in [0.5, 0.6) is 5.75 Å². The summed E-state index contributed by atoms with van der Waals surface area (Å²) in [5.74, 6) is -3.44. The normalized spacial score (nSPS) is 11.8. The zero-order valence-corrected chi connectivity index (χ0v) is 15.1. The molecule has 0 atom stereocenters. The van der Waals surface area contributed by atoms with Crippen LogP contribution in [0, 0.1) is 11.6 Å². The fourth-order valence-electron chi connectivity index (χ4n) is 2.79. The van der Waals surface area contributed by atoms with Gasteiger partial charge in [0.05, 0.1) is 13.2 Å². The number of nitrogens with zero attached hydrogens (tertiary/aromatic N) is 1. The maximum absolute atomic E-state index is 15.0. The van der Waals surface area contributed by atoms with Gasteiger partial charge < -0.3 is 19.0 Å². The van der Waals surface area contributed by atoms with Gasteiger partial charge in [0.15, 0.2) is 23.6 Å². The third-order valence-electron chi connectivity index (χ3n) is 4.06. The van der Waals surface area contributed by atoms with E-state index < -0.39 is 42.6 Å². The van der Waals surface area contributed by atoms with Crippen molar-refractivity contribution < 1.29 is 45.7 Å². The van der Waals surface area contributed by atoms with Crippen molar-refractivity contribution >= 4 is 16.9 Å². The lowest BCUT2D eigenvalue weighted by Gasteiger charge is -2.13. The van der Waals surface area contributed by atoms with E-state index in [1.165, 1.54) is 6.07 Å². The molecule has 1 aromatic heterocycles. The second kappa shape index (κ2) is 8.76. The highest BCUT2D eigenvalue weighted by molar-refractivity contribution is 6.01. The second-order valence-electron chi connectivity index (χ2n) is 6.09. The first-order chi connectivity index (χ1) is 14.2. The fourth-order valence-corrected chi connectivity index (χ4v) is 2.79. The Hall–Kier alpha value is -3.05. The van der Waals surface area contributed by atoms with Crippen molar-refractivity contribution in [3.63, 3.8) is 0 Å². The van der Waals surface area contributed by atoms with E-state index in [0.717, 1.165) is 18.5 Å². The number of ether oxygens (including phenoxy) is 2. The van der Waals surface area contributed by atoms with E-state index in [1.807, 2.05) is 0 Å². The highest BCUT2D eigenvalue weighted by Crippen LogP contribution is 2.29. The molecule has 0 aliphatic heterocycles. The molecule has 2 aromatic carbocycles. The van der Waals surface area contributed by atoms with E-state index in [9.17, 15) is 26.7 Å². The van der Waals surface area contributed by atoms with Gasteiger partial charge in [0.25, 0.3) is 0 Å². The van der Waals surface area contributed by atoms with Gasteiger partial charge >= 0.3 is 6.36 Å². The molecule has 0 unspecified atom stereocenters. The number of aromatic nitrogens is 1. The van der Waals surface area contributed by atoms with Crippen molar-refractivity contribution in [1.82, 2.24) is 4.98 Å². The molecule has 3 aromatic rings. The molecule has 0 radical (unpaired) electrons. The van der Waals surface area contributed by atoms with Crippen LogP contribution >= 0.6 is 0 Å². The van der Waals surface area contributed by atoms with Gasteiger partial charge in [-0.15, -0.1) is 13.2 Å². The van der Waals surface area contributed by atoms with Crippen LogP contribution in [0.3, 0.4) is 0 Å². The van der Waals surface area contributed by atoms with Gasteiger partial charge in [0.2, 0.25) is 0 Å². The Bertz CT molecular complexity index is 1060. The number of ketones is 1. The van der Waals surface area contributed by atoms with Crippen LogP contribution in [0.15, 0.2) is 35.1 Å². The molecule has 30 heavy (non-hydrogen) atoms. The molecule has 0 fully saturated rings. The predicted octanol–water partition coefficient (Wildman–Crippen LogP) is 3.79. The quantitative estimate of drug-likeness (QED) is 0.332. The SMILES string of the molecule is O=C(COCCO)c1cc2ocnc2c(F)c1Cc1ccc(OC(F)(F)F)cc1F. The average Bonchev–Trinajstić information content (AvgIpc) is 3.13. The monoisotopic (exact) mass is 431 g/mol. The van der Waals surface area contributed by atoms with Gasteiger partial charge in [-0.2, -0.15) is 0 Å². The maximum atomic E-state index is 15.0. The van der Waals surface area contributed by atoms with Gasteiger partial charge in [-0.1, -0.05) is 6.07 Å². The number of Topliss-reactive ketones (excluding diaryl/α,β-unsaturated/α-hetero) is 1. The number of alkyl halides is 3. The molecule has 0 amide bonds. The lowest BCUT2D eigenvalue weighted by molar-refractivity contribution is -0.274. The number of fused-ring (bicyclic) bond motifs is 1. The minimum absolute atomic E-state index is 0.0174. The van der Waals surface area contributed by atoms with Gasteiger partial charge in [0.1, 0.15) is 23.7 Å². The van der Waals surface area contributed by atoms with Gasteiger partial charge in [-0.25, -0.2) is 13.8 Å². The Balaban J connectivity index is 1.97. The lowest BCUT2D eigenvalue weighted by Crippen LogP contribution is -2.17. The molecule has 1 heterocycles. The Morgan fingerprint density at radius 1 is 1.20 bits per heavy atom. The number of halogens is 5. The Morgan fingerprint density at radius 3 is 2.63 bits per heavy atom. The first kappa shape index (κ1) is 21.7. The molecule has 6 nitrogen and oxygen atoms in total. The van der Waals surface area contributed by atoms with Crippen molar-refractivity contribution in [1.29, 1.82) is 0 Å². The summed E-state index contributed by atoms with van der Waals surface area (Å²) >= 11 is 0. The first-order valence-electron chi connectivity index (χ1n) is 8.50. The number of hydrogen-bond donors (Lipinski definition) is 1. The maximum Gasteiger partial charge on any atom is 0.573 e. The van der Waals surface area contributed by atoms with Crippen molar-refractivity contribution in [3.8, 4) is 5.75 Å². The number of hydrogen-bond acceptors (Lipinski definition) is 6. The summed E-state index contributed by atoms with van der Waals surface area (Å²) in [5.41, 5.74) is -0.759. The Kier molecular flexibility index (Phi) is 6.32. The highest BCUT2D eigenvalue weighted by Gasteiger charge is 2.31. The topological polar surface area (TPSA) is 81.8 Å². The zero-order chi connectivity index (χ0) is 21.9. The Morgan fingerprint density at radius 2 is 1.97 bits per heavy atom. The van der Waals surface area contributed by atoms with Crippen LogP contribution in [0.25, 0.3) is 11.1 Å². The molecular weight excluding hydrogens is 417 g/mol. The van der Waals surface area contributed by atoms with Gasteiger partial charge in [-0.3, -0.25) is 4.79 Å². The number of aliphatic hydroxyl groups excluding tert-OH is 1. The number of carbonyl (C=O) groups is 1.